The quantitative estimate of drug-likeness (QED) is 0.711. The molecule has 1 aromatic carbocycles. The maximum atomic E-state index is 5.30. The summed E-state index contributed by atoms with van der Waals surface area (Å²) in [6, 6.07) is 4.68. The van der Waals surface area contributed by atoms with E-state index in [0.717, 1.165) is 12.2 Å². The minimum Gasteiger partial charge on any atom is -0.495 e. The minimum absolute atomic E-state index is 0.532. The van der Waals surface area contributed by atoms with E-state index in [-0.39, 0.29) is 0 Å². The van der Waals surface area contributed by atoms with Gasteiger partial charge in [-0.2, -0.15) is 0 Å². The largest absolute Gasteiger partial charge is 0.495 e. The third-order valence-corrected chi connectivity index (χ3v) is 2.63. The Bertz CT molecular complexity index is 333. The van der Waals surface area contributed by atoms with Crippen LogP contribution in [-0.4, -0.2) is 13.2 Å². The second kappa shape index (κ2) is 2.95. The number of rotatable bonds is 1. The lowest BCUT2D eigenvalue weighted by Gasteiger charge is -2.09. The van der Waals surface area contributed by atoms with Crippen molar-refractivity contribution in [2.75, 3.05) is 12.4 Å². The Kier molecular flexibility index (Phi) is 1.91. The third-order valence-electron chi connectivity index (χ3n) is 2.63. The van der Waals surface area contributed by atoms with Crippen LogP contribution in [0.3, 0.4) is 0 Å². The number of anilines is 1. The predicted molar refractivity (Wildman–Crippen MR) is 54.5 cm³/mol. The molecular weight excluding hydrogens is 162 g/mol. The average Bonchev–Trinajstić information content (AvgIpc) is 2.48. The van der Waals surface area contributed by atoms with E-state index in [2.05, 4.69) is 25.2 Å². The van der Waals surface area contributed by atoms with Crippen molar-refractivity contribution in [1.29, 1.82) is 0 Å². The van der Waals surface area contributed by atoms with Gasteiger partial charge in [0.15, 0.2) is 0 Å². The van der Waals surface area contributed by atoms with Crippen molar-refractivity contribution in [1.82, 2.24) is 0 Å². The van der Waals surface area contributed by atoms with Crippen LogP contribution in [0.15, 0.2) is 12.1 Å². The number of hydrogen-bond acceptors (Lipinski definition) is 2. The molecule has 0 saturated heterocycles. The standard InChI is InChI=1S/C11H15NO/c1-7-4-5-10(13-3)11-9(7)6-8(2)12-11/h4-5,8,12H,6H2,1-3H3. The van der Waals surface area contributed by atoms with E-state index in [1.165, 1.54) is 16.8 Å². The van der Waals surface area contributed by atoms with E-state index in [4.69, 9.17) is 4.74 Å². The fourth-order valence-electron chi connectivity index (χ4n) is 1.93. The van der Waals surface area contributed by atoms with Gasteiger partial charge in [-0.25, -0.2) is 0 Å². The predicted octanol–water partition coefficient (Wildman–Crippen LogP) is 2.36. The Labute approximate surface area is 78.9 Å². The van der Waals surface area contributed by atoms with Gasteiger partial charge in [-0.1, -0.05) is 6.07 Å². The average molecular weight is 177 g/mol. The molecule has 1 aromatic rings. The summed E-state index contributed by atoms with van der Waals surface area (Å²) in [7, 11) is 1.72. The number of aryl methyl sites for hydroxylation is 1. The van der Waals surface area contributed by atoms with Gasteiger partial charge in [-0.3, -0.25) is 0 Å². The first-order valence-corrected chi connectivity index (χ1v) is 4.65. The van der Waals surface area contributed by atoms with Gasteiger partial charge < -0.3 is 10.1 Å². The molecule has 13 heavy (non-hydrogen) atoms. The van der Waals surface area contributed by atoms with Crippen LogP contribution < -0.4 is 10.1 Å². The smallest absolute Gasteiger partial charge is 0.142 e. The number of ether oxygens (including phenoxy) is 1. The molecule has 0 amide bonds. The SMILES string of the molecule is COc1ccc(C)c2c1NC(C)C2. The highest BCUT2D eigenvalue weighted by Gasteiger charge is 2.21. The molecular formula is C11H15NO. The maximum Gasteiger partial charge on any atom is 0.142 e. The zero-order chi connectivity index (χ0) is 9.42. The molecule has 2 nitrogen and oxygen atoms in total. The van der Waals surface area contributed by atoms with E-state index >= 15 is 0 Å². The van der Waals surface area contributed by atoms with Gasteiger partial charge in [0.05, 0.1) is 12.8 Å². The highest BCUT2D eigenvalue weighted by molar-refractivity contribution is 5.68. The first kappa shape index (κ1) is 8.42. The first-order valence-electron chi connectivity index (χ1n) is 4.65. The molecule has 1 N–H and O–H groups in total. The van der Waals surface area contributed by atoms with Crippen molar-refractivity contribution < 1.29 is 4.74 Å². The van der Waals surface area contributed by atoms with Gasteiger partial charge in [0, 0.05) is 6.04 Å². The van der Waals surface area contributed by atoms with Crippen LogP contribution >= 0.6 is 0 Å². The summed E-state index contributed by atoms with van der Waals surface area (Å²) in [4.78, 5) is 0. The lowest BCUT2D eigenvalue weighted by atomic mass is 10.0. The first-order chi connectivity index (χ1) is 6.22. The number of methoxy groups -OCH3 is 1. The van der Waals surface area contributed by atoms with Gasteiger partial charge in [-0.15, -0.1) is 0 Å². The minimum atomic E-state index is 0.532. The second-order valence-electron chi connectivity index (χ2n) is 3.69. The van der Waals surface area contributed by atoms with Crippen molar-refractivity contribution >= 4 is 5.69 Å². The van der Waals surface area contributed by atoms with Crippen LogP contribution in [0.1, 0.15) is 18.1 Å². The van der Waals surface area contributed by atoms with Gasteiger partial charge in [-0.05, 0) is 37.5 Å². The molecule has 1 aliphatic heterocycles. The van der Waals surface area contributed by atoms with Gasteiger partial charge in [0.1, 0.15) is 5.75 Å². The summed E-state index contributed by atoms with van der Waals surface area (Å²) in [6.07, 6.45) is 1.11. The monoisotopic (exact) mass is 177 g/mol. The van der Waals surface area contributed by atoms with Crippen molar-refractivity contribution in [3.63, 3.8) is 0 Å². The molecule has 1 atom stereocenters. The molecule has 0 radical (unpaired) electrons. The van der Waals surface area contributed by atoms with Crippen LogP contribution in [0, 0.1) is 6.92 Å². The van der Waals surface area contributed by atoms with Crippen LogP contribution in [0.25, 0.3) is 0 Å². The lowest BCUT2D eigenvalue weighted by Crippen LogP contribution is -2.08. The molecule has 2 heteroatoms. The van der Waals surface area contributed by atoms with E-state index in [1.54, 1.807) is 7.11 Å². The zero-order valence-corrected chi connectivity index (χ0v) is 8.35. The summed E-state index contributed by atoms with van der Waals surface area (Å²) >= 11 is 0. The normalized spacial score (nSPS) is 19.5. The molecule has 0 aromatic heterocycles. The molecule has 1 unspecified atom stereocenters. The van der Waals surface area contributed by atoms with Gasteiger partial charge >= 0.3 is 0 Å². The van der Waals surface area contributed by atoms with Crippen LogP contribution in [0.4, 0.5) is 5.69 Å². The van der Waals surface area contributed by atoms with Crippen molar-refractivity contribution in [2.45, 2.75) is 26.3 Å². The van der Waals surface area contributed by atoms with Crippen molar-refractivity contribution in [3.05, 3.63) is 23.3 Å². The Morgan fingerprint density at radius 1 is 1.46 bits per heavy atom. The number of nitrogens with one attached hydrogen (secondary N) is 1. The maximum absolute atomic E-state index is 5.30. The van der Waals surface area contributed by atoms with E-state index < -0.39 is 0 Å². The highest BCUT2D eigenvalue weighted by Crippen LogP contribution is 2.36. The Hall–Kier alpha value is -1.18. The zero-order valence-electron chi connectivity index (χ0n) is 8.35. The van der Waals surface area contributed by atoms with E-state index in [1.807, 2.05) is 6.07 Å². The van der Waals surface area contributed by atoms with Crippen LogP contribution in [0.2, 0.25) is 0 Å². The molecule has 1 heterocycles. The van der Waals surface area contributed by atoms with Crippen LogP contribution in [0.5, 0.6) is 5.75 Å². The molecule has 0 fully saturated rings. The summed E-state index contributed by atoms with van der Waals surface area (Å²) in [5, 5.41) is 3.43. The highest BCUT2D eigenvalue weighted by atomic mass is 16.5. The summed E-state index contributed by atoms with van der Waals surface area (Å²) in [5.74, 6) is 0.963. The molecule has 0 saturated carbocycles. The Balaban J connectivity index is 2.52. The fourth-order valence-corrected chi connectivity index (χ4v) is 1.93. The van der Waals surface area contributed by atoms with E-state index in [9.17, 15) is 0 Å². The second-order valence-corrected chi connectivity index (χ2v) is 3.69. The molecule has 1 aliphatic rings. The van der Waals surface area contributed by atoms with Crippen molar-refractivity contribution in [3.8, 4) is 5.75 Å². The number of benzene rings is 1. The fraction of sp³-hybridized carbons (Fsp3) is 0.455. The summed E-state index contributed by atoms with van der Waals surface area (Å²) < 4.78 is 5.30. The summed E-state index contributed by atoms with van der Waals surface area (Å²) in [6.45, 7) is 4.34. The third kappa shape index (κ3) is 1.26. The number of fused-ring (bicyclic) bond motifs is 1. The van der Waals surface area contributed by atoms with E-state index in [0.29, 0.717) is 6.04 Å². The molecule has 70 valence electrons. The molecule has 2 rings (SSSR count). The Morgan fingerprint density at radius 3 is 2.92 bits per heavy atom. The Morgan fingerprint density at radius 2 is 2.23 bits per heavy atom. The molecule has 0 spiro atoms. The number of hydrogen-bond donors (Lipinski definition) is 1. The molecule has 0 aliphatic carbocycles. The van der Waals surface area contributed by atoms with Gasteiger partial charge in [0.2, 0.25) is 0 Å². The summed E-state index contributed by atoms with van der Waals surface area (Å²) in [5.41, 5.74) is 3.95. The van der Waals surface area contributed by atoms with Gasteiger partial charge in [0.25, 0.3) is 0 Å². The topological polar surface area (TPSA) is 21.3 Å². The van der Waals surface area contributed by atoms with Crippen LogP contribution in [-0.2, 0) is 6.42 Å². The lowest BCUT2D eigenvalue weighted by molar-refractivity contribution is 0.416. The molecule has 0 bridgehead atoms. The van der Waals surface area contributed by atoms with Crippen molar-refractivity contribution in [2.24, 2.45) is 0 Å².